The van der Waals surface area contributed by atoms with E-state index in [2.05, 4.69) is 19.9 Å². The van der Waals surface area contributed by atoms with Gasteiger partial charge in [0.2, 0.25) is 5.95 Å². The van der Waals surface area contributed by atoms with Crippen molar-refractivity contribution >= 4 is 27.5 Å². The molecule has 3 aromatic heterocycles. The minimum absolute atomic E-state index is 0.202. The molecule has 6 rings (SSSR count). The molecule has 2 fully saturated rings. The number of rotatable bonds is 6. The Morgan fingerprint density at radius 2 is 1.81 bits per heavy atom. The molecule has 1 aliphatic heterocycles. The first-order valence-corrected chi connectivity index (χ1v) is 13.4. The van der Waals surface area contributed by atoms with E-state index in [1.165, 1.54) is 6.42 Å². The van der Waals surface area contributed by atoms with Crippen LogP contribution >= 0.6 is 11.3 Å². The zero-order valence-corrected chi connectivity index (χ0v) is 20.9. The van der Waals surface area contributed by atoms with Gasteiger partial charge in [-0.15, -0.1) is 11.3 Å². The number of morpholine rings is 1. The summed E-state index contributed by atoms with van der Waals surface area (Å²) in [5.41, 5.74) is 2.57. The van der Waals surface area contributed by atoms with E-state index in [4.69, 9.17) is 14.5 Å². The van der Waals surface area contributed by atoms with Crippen LogP contribution < -0.4 is 9.64 Å². The van der Waals surface area contributed by atoms with E-state index in [0.717, 1.165) is 71.0 Å². The van der Waals surface area contributed by atoms with E-state index in [1.807, 2.05) is 30.3 Å². The Balaban J connectivity index is 1.15. The number of aromatic nitrogens is 4. The molecule has 1 aliphatic carbocycles. The first-order chi connectivity index (χ1) is 17.7. The third kappa shape index (κ3) is 5.18. The summed E-state index contributed by atoms with van der Waals surface area (Å²) in [6, 6.07) is 9.73. The number of anilines is 1. The summed E-state index contributed by atoms with van der Waals surface area (Å²) in [5.74, 6) is 2.49. The molecule has 0 unspecified atom stereocenters. The summed E-state index contributed by atoms with van der Waals surface area (Å²) >= 11 is 1.69. The summed E-state index contributed by atoms with van der Waals surface area (Å²) in [7, 11) is 0. The van der Waals surface area contributed by atoms with Crippen molar-refractivity contribution in [2.75, 3.05) is 31.2 Å². The van der Waals surface area contributed by atoms with Crippen molar-refractivity contribution < 1.29 is 14.6 Å². The number of thiazole rings is 1. The lowest BCUT2D eigenvalue weighted by Crippen LogP contribution is -2.37. The van der Waals surface area contributed by atoms with Gasteiger partial charge in [-0.1, -0.05) is 12.8 Å². The van der Waals surface area contributed by atoms with Gasteiger partial charge in [0.1, 0.15) is 11.5 Å². The standard InChI is InChI=1S/C27H29N5O3S/c33-24-4-2-1-3-18(24)13-26-31-22-6-5-20(15-25(22)36-26)35-21-7-8-28-23(14-21)19-16-29-27(30-17-19)32-9-11-34-12-10-32/h5-8,14-18,24,33H,1-4,9-13H2/t18-,24+/m0/s1. The smallest absolute Gasteiger partial charge is 0.225 e. The van der Waals surface area contributed by atoms with Crippen LogP contribution in [0.1, 0.15) is 30.7 Å². The lowest BCUT2D eigenvalue weighted by atomic mass is 9.84. The number of hydrogen-bond acceptors (Lipinski definition) is 9. The molecule has 2 atom stereocenters. The Morgan fingerprint density at radius 3 is 2.64 bits per heavy atom. The maximum atomic E-state index is 10.3. The van der Waals surface area contributed by atoms with E-state index in [-0.39, 0.29) is 6.10 Å². The van der Waals surface area contributed by atoms with Crippen LogP contribution in [0.3, 0.4) is 0 Å². The fourth-order valence-electron chi connectivity index (χ4n) is 4.90. The minimum atomic E-state index is -0.202. The van der Waals surface area contributed by atoms with Crippen molar-refractivity contribution in [3.8, 4) is 22.8 Å². The summed E-state index contributed by atoms with van der Waals surface area (Å²) < 4.78 is 12.7. The molecule has 0 radical (unpaired) electrons. The van der Waals surface area contributed by atoms with Crippen molar-refractivity contribution in [3.05, 3.63) is 53.9 Å². The van der Waals surface area contributed by atoms with Crippen LogP contribution in [0, 0.1) is 5.92 Å². The summed E-state index contributed by atoms with van der Waals surface area (Å²) in [4.78, 5) is 20.5. The predicted octanol–water partition coefficient (Wildman–Crippen LogP) is 4.87. The Kier molecular flexibility index (Phi) is 6.76. The molecule has 4 aromatic rings. The monoisotopic (exact) mass is 503 g/mol. The third-order valence-corrected chi connectivity index (χ3v) is 7.95. The fraction of sp³-hybridized carbons (Fsp3) is 0.407. The fourth-order valence-corrected chi connectivity index (χ4v) is 5.99. The number of nitrogens with zero attached hydrogens (tertiary/aromatic N) is 5. The molecule has 9 heteroatoms. The van der Waals surface area contributed by atoms with Gasteiger partial charge in [0, 0.05) is 55.8 Å². The summed E-state index contributed by atoms with van der Waals surface area (Å²) in [5, 5.41) is 11.4. The second kappa shape index (κ2) is 10.5. The van der Waals surface area contributed by atoms with E-state index >= 15 is 0 Å². The van der Waals surface area contributed by atoms with Gasteiger partial charge in [0.15, 0.2) is 0 Å². The molecule has 0 bridgehead atoms. The number of hydrogen-bond donors (Lipinski definition) is 1. The number of pyridine rings is 1. The van der Waals surface area contributed by atoms with Crippen LogP contribution in [0.25, 0.3) is 21.5 Å². The quantitative estimate of drug-likeness (QED) is 0.398. The van der Waals surface area contributed by atoms with Crippen LogP contribution in [-0.2, 0) is 11.2 Å². The van der Waals surface area contributed by atoms with Crippen molar-refractivity contribution in [1.29, 1.82) is 0 Å². The van der Waals surface area contributed by atoms with Gasteiger partial charge < -0.3 is 19.5 Å². The first-order valence-electron chi connectivity index (χ1n) is 12.6. The normalized spacial score (nSPS) is 20.5. The average molecular weight is 504 g/mol. The Hall–Kier alpha value is -3.14. The second-order valence-corrected chi connectivity index (χ2v) is 10.5. The molecule has 1 saturated carbocycles. The van der Waals surface area contributed by atoms with Crippen molar-refractivity contribution in [1.82, 2.24) is 19.9 Å². The van der Waals surface area contributed by atoms with E-state index in [9.17, 15) is 5.11 Å². The topological polar surface area (TPSA) is 93.5 Å². The molecule has 0 spiro atoms. The molecule has 36 heavy (non-hydrogen) atoms. The van der Waals surface area contributed by atoms with E-state index in [0.29, 0.717) is 30.8 Å². The van der Waals surface area contributed by atoms with Crippen LogP contribution in [-0.4, -0.2) is 57.4 Å². The van der Waals surface area contributed by atoms with Gasteiger partial charge in [-0.05, 0) is 37.0 Å². The van der Waals surface area contributed by atoms with Crippen LogP contribution in [0.5, 0.6) is 11.5 Å². The number of aliphatic hydroxyl groups excluding tert-OH is 1. The van der Waals surface area contributed by atoms with Crippen LogP contribution in [0.15, 0.2) is 48.9 Å². The van der Waals surface area contributed by atoms with Crippen molar-refractivity contribution in [3.63, 3.8) is 0 Å². The van der Waals surface area contributed by atoms with Crippen LogP contribution in [0.2, 0.25) is 0 Å². The number of fused-ring (bicyclic) bond motifs is 1. The highest BCUT2D eigenvalue weighted by atomic mass is 32.1. The Bertz CT molecular complexity index is 1320. The molecule has 1 aromatic carbocycles. The average Bonchev–Trinajstić information content (AvgIpc) is 3.32. The SMILES string of the molecule is O[C@@H]1CCCC[C@H]1Cc1nc2ccc(Oc3ccnc(-c4cnc(N5CCOCC5)nc4)c3)cc2s1. The maximum absolute atomic E-state index is 10.3. The van der Waals surface area contributed by atoms with E-state index in [1.54, 1.807) is 29.9 Å². The van der Waals surface area contributed by atoms with Gasteiger partial charge in [-0.3, -0.25) is 4.98 Å². The van der Waals surface area contributed by atoms with Crippen molar-refractivity contribution in [2.45, 2.75) is 38.2 Å². The first kappa shape index (κ1) is 23.3. The van der Waals surface area contributed by atoms with Gasteiger partial charge in [-0.25, -0.2) is 15.0 Å². The Labute approximate surface area is 214 Å². The van der Waals surface area contributed by atoms with Gasteiger partial charge >= 0.3 is 0 Å². The molecule has 0 amide bonds. The van der Waals surface area contributed by atoms with E-state index < -0.39 is 0 Å². The highest BCUT2D eigenvalue weighted by Gasteiger charge is 2.24. The molecule has 2 aliphatic rings. The minimum Gasteiger partial charge on any atom is -0.457 e. The molecule has 1 N–H and O–H groups in total. The number of ether oxygens (including phenoxy) is 2. The predicted molar refractivity (Wildman–Crippen MR) is 140 cm³/mol. The lowest BCUT2D eigenvalue weighted by Gasteiger charge is -2.26. The van der Waals surface area contributed by atoms with Gasteiger partial charge in [-0.2, -0.15) is 0 Å². The molecular weight excluding hydrogens is 474 g/mol. The molecule has 8 nitrogen and oxygen atoms in total. The van der Waals surface area contributed by atoms with Crippen molar-refractivity contribution in [2.24, 2.45) is 5.92 Å². The Morgan fingerprint density at radius 1 is 1.00 bits per heavy atom. The zero-order valence-electron chi connectivity index (χ0n) is 20.0. The van der Waals surface area contributed by atoms with Gasteiger partial charge in [0.25, 0.3) is 0 Å². The summed E-state index contributed by atoms with van der Waals surface area (Å²) in [6.07, 6.45) is 10.3. The maximum Gasteiger partial charge on any atom is 0.225 e. The highest BCUT2D eigenvalue weighted by Crippen LogP contribution is 2.33. The highest BCUT2D eigenvalue weighted by molar-refractivity contribution is 7.18. The van der Waals surface area contributed by atoms with Crippen LogP contribution in [0.4, 0.5) is 5.95 Å². The molecule has 1 saturated heterocycles. The third-order valence-electron chi connectivity index (χ3n) is 6.90. The molecule has 186 valence electrons. The lowest BCUT2D eigenvalue weighted by molar-refractivity contribution is 0.0700. The second-order valence-electron chi connectivity index (χ2n) is 9.40. The van der Waals surface area contributed by atoms with Gasteiger partial charge in [0.05, 0.1) is 40.2 Å². The molecule has 4 heterocycles. The number of benzene rings is 1. The zero-order chi connectivity index (χ0) is 24.3. The summed E-state index contributed by atoms with van der Waals surface area (Å²) in [6.45, 7) is 3.00. The molecular formula is C27H29N5O3S. The number of aliphatic hydroxyl groups is 1. The largest absolute Gasteiger partial charge is 0.457 e.